The molecular formula is C15H18BrN3. The number of halogens is 1. The Bertz CT molecular complexity index is 538. The number of aromatic nitrogens is 2. The summed E-state index contributed by atoms with van der Waals surface area (Å²) >= 11 is 3.41. The lowest BCUT2D eigenvalue weighted by atomic mass is 10.1. The smallest absolute Gasteiger partial charge is 0.135 e. The lowest BCUT2D eigenvalue weighted by Gasteiger charge is -2.08. The number of aryl methyl sites for hydroxylation is 2. The normalized spacial score (nSPS) is 10.5. The number of hydrogen-bond acceptors (Lipinski definition) is 3. The molecule has 3 nitrogen and oxygen atoms in total. The maximum atomic E-state index is 4.45. The zero-order chi connectivity index (χ0) is 13.7. The molecule has 19 heavy (non-hydrogen) atoms. The summed E-state index contributed by atoms with van der Waals surface area (Å²) in [5.74, 6) is 1.65. The molecule has 0 aliphatic rings. The molecule has 0 saturated carbocycles. The van der Waals surface area contributed by atoms with Gasteiger partial charge in [0.25, 0.3) is 0 Å². The first-order valence-corrected chi connectivity index (χ1v) is 7.40. The molecule has 0 fully saturated rings. The molecule has 0 amide bonds. The molecule has 0 aliphatic heterocycles. The Morgan fingerprint density at radius 1 is 1.11 bits per heavy atom. The van der Waals surface area contributed by atoms with E-state index in [-0.39, 0.29) is 0 Å². The van der Waals surface area contributed by atoms with Gasteiger partial charge in [-0.2, -0.15) is 0 Å². The molecule has 0 radical (unpaired) electrons. The second-order valence-corrected chi connectivity index (χ2v) is 5.23. The molecule has 2 aromatic rings. The van der Waals surface area contributed by atoms with Gasteiger partial charge in [0.2, 0.25) is 0 Å². The highest BCUT2D eigenvalue weighted by Crippen LogP contribution is 2.19. The van der Waals surface area contributed by atoms with E-state index in [1.165, 1.54) is 12.0 Å². The predicted molar refractivity (Wildman–Crippen MR) is 82.8 cm³/mol. The first-order chi connectivity index (χ1) is 9.21. The molecule has 0 atom stereocenters. The minimum Gasteiger partial charge on any atom is -0.340 e. The third-order valence-corrected chi connectivity index (χ3v) is 3.23. The number of anilines is 2. The van der Waals surface area contributed by atoms with E-state index < -0.39 is 0 Å². The van der Waals surface area contributed by atoms with Gasteiger partial charge in [-0.05, 0) is 40.0 Å². The lowest BCUT2D eigenvalue weighted by Crippen LogP contribution is -1.99. The van der Waals surface area contributed by atoms with Gasteiger partial charge in [-0.25, -0.2) is 9.97 Å². The maximum Gasteiger partial charge on any atom is 0.135 e. The molecule has 100 valence electrons. The van der Waals surface area contributed by atoms with Crippen LogP contribution < -0.4 is 5.32 Å². The van der Waals surface area contributed by atoms with Gasteiger partial charge >= 0.3 is 0 Å². The van der Waals surface area contributed by atoms with Crippen molar-refractivity contribution in [2.75, 3.05) is 5.32 Å². The molecular weight excluding hydrogens is 302 g/mol. The monoisotopic (exact) mass is 319 g/mol. The van der Waals surface area contributed by atoms with Crippen molar-refractivity contribution >= 4 is 27.4 Å². The van der Waals surface area contributed by atoms with Gasteiger partial charge in [0.05, 0.1) is 0 Å². The van der Waals surface area contributed by atoms with Gasteiger partial charge < -0.3 is 5.32 Å². The van der Waals surface area contributed by atoms with Gasteiger partial charge in [0.15, 0.2) is 0 Å². The number of nitrogens with one attached hydrogen (secondary N) is 1. The Balaban J connectivity index is 2.14. The van der Waals surface area contributed by atoms with Crippen molar-refractivity contribution < 1.29 is 0 Å². The zero-order valence-corrected chi connectivity index (χ0v) is 12.9. The second kappa shape index (κ2) is 6.66. The van der Waals surface area contributed by atoms with Crippen molar-refractivity contribution in [1.82, 2.24) is 9.97 Å². The fourth-order valence-electron chi connectivity index (χ4n) is 1.88. The van der Waals surface area contributed by atoms with Crippen LogP contribution in [0.1, 0.15) is 31.7 Å². The topological polar surface area (TPSA) is 37.8 Å². The Morgan fingerprint density at radius 3 is 2.47 bits per heavy atom. The van der Waals surface area contributed by atoms with E-state index in [4.69, 9.17) is 0 Å². The van der Waals surface area contributed by atoms with Crippen molar-refractivity contribution in [3.8, 4) is 0 Å². The van der Waals surface area contributed by atoms with E-state index in [2.05, 4.69) is 62.4 Å². The van der Waals surface area contributed by atoms with Crippen LogP contribution in [-0.4, -0.2) is 9.97 Å². The summed E-state index contributed by atoms with van der Waals surface area (Å²) in [5, 5.41) is 3.31. The zero-order valence-electron chi connectivity index (χ0n) is 11.3. The lowest BCUT2D eigenvalue weighted by molar-refractivity contribution is 0.921. The second-order valence-electron chi connectivity index (χ2n) is 4.42. The molecule has 1 aromatic heterocycles. The summed E-state index contributed by atoms with van der Waals surface area (Å²) in [5.41, 5.74) is 2.42. The molecule has 2 rings (SSSR count). The van der Waals surface area contributed by atoms with Gasteiger partial charge in [-0.15, -0.1) is 0 Å². The van der Waals surface area contributed by atoms with Crippen molar-refractivity contribution in [3.63, 3.8) is 0 Å². The maximum absolute atomic E-state index is 4.45. The average molecular weight is 320 g/mol. The summed E-state index contributed by atoms with van der Waals surface area (Å²) in [6, 6.07) is 10.4. The summed E-state index contributed by atoms with van der Waals surface area (Å²) in [6.07, 6.45) is 3.12. The SMILES string of the molecule is CCCc1ccc(Nc2cc(Br)nc(CC)n2)cc1. The number of hydrogen-bond donors (Lipinski definition) is 1. The molecule has 0 bridgehead atoms. The minimum absolute atomic E-state index is 0.810. The summed E-state index contributed by atoms with van der Waals surface area (Å²) in [4.78, 5) is 8.75. The number of nitrogens with zero attached hydrogens (tertiary/aromatic N) is 2. The van der Waals surface area contributed by atoms with Crippen molar-refractivity contribution in [3.05, 3.63) is 46.3 Å². The standard InChI is InChI=1S/C15H18BrN3/c1-3-5-11-6-8-12(9-7-11)17-15-10-13(16)18-14(4-2)19-15/h6-10H,3-5H2,1-2H3,(H,17,18,19). The van der Waals surface area contributed by atoms with E-state index in [0.29, 0.717) is 0 Å². The largest absolute Gasteiger partial charge is 0.340 e. The molecule has 0 unspecified atom stereocenters. The highest BCUT2D eigenvalue weighted by Gasteiger charge is 2.02. The molecule has 1 N–H and O–H groups in total. The first-order valence-electron chi connectivity index (χ1n) is 6.60. The summed E-state index contributed by atoms with van der Waals surface area (Å²) in [7, 11) is 0. The minimum atomic E-state index is 0.810. The van der Waals surface area contributed by atoms with Crippen LogP contribution in [0.3, 0.4) is 0 Å². The van der Waals surface area contributed by atoms with Crippen molar-refractivity contribution in [1.29, 1.82) is 0 Å². The highest BCUT2D eigenvalue weighted by atomic mass is 79.9. The van der Waals surface area contributed by atoms with Crippen LogP contribution in [0, 0.1) is 0 Å². The van der Waals surface area contributed by atoms with Gasteiger partial charge in [0, 0.05) is 18.2 Å². The molecule has 1 aromatic carbocycles. The van der Waals surface area contributed by atoms with Crippen molar-refractivity contribution in [2.45, 2.75) is 33.1 Å². The average Bonchev–Trinajstić information content (AvgIpc) is 2.40. The van der Waals surface area contributed by atoms with Gasteiger partial charge in [-0.3, -0.25) is 0 Å². The third-order valence-electron chi connectivity index (χ3n) is 2.82. The van der Waals surface area contributed by atoms with Crippen LogP contribution in [-0.2, 0) is 12.8 Å². The van der Waals surface area contributed by atoms with E-state index >= 15 is 0 Å². The molecule has 0 aliphatic carbocycles. The van der Waals surface area contributed by atoms with Gasteiger partial charge in [-0.1, -0.05) is 32.4 Å². The van der Waals surface area contributed by atoms with E-state index in [9.17, 15) is 0 Å². The van der Waals surface area contributed by atoms with Crippen LogP contribution in [0.4, 0.5) is 11.5 Å². The quantitative estimate of drug-likeness (QED) is 0.825. The number of rotatable bonds is 5. The Kier molecular flexibility index (Phi) is 4.91. The molecule has 0 spiro atoms. The van der Waals surface area contributed by atoms with Crippen LogP contribution in [0.25, 0.3) is 0 Å². The van der Waals surface area contributed by atoms with Crippen LogP contribution >= 0.6 is 15.9 Å². The fraction of sp³-hybridized carbons (Fsp3) is 0.333. The Morgan fingerprint density at radius 2 is 1.84 bits per heavy atom. The fourth-order valence-corrected chi connectivity index (χ4v) is 2.30. The summed E-state index contributed by atoms with van der Waals surface area (Å²) in [6.45, 7) is 4.24. The Labute approximate surface area is 122 Å². The van der Waals surface area contributed by atoms with E-state index in [0.717, 1.165) is 34.8 Å². The van der Waals surface area contributed by atoms with Crippen LogP contribution in [0.2, 0.25) is 0 Å². The van der Waals surface area contributed by atoms with Crippen LogP contribution in [0.15, 0.2) is 34.9 Å². The molecule has 1 heterocycles. The number of benzene rings is 1. The summed E-state index contributed by atoms with van der Waals surface area (Å²) < 4.78 is 0.810. The Hall–Kier alpha value is -1.42. The third kappa shape index (κ3) is 4.03. The first kappa shape index (κ1) is 14.0. The van der Waals surface area contributed by atoms with Crippen molar-refractivity contribution in [2.24, 2.45) is 0 Å². The van der Waals surface area contributed by atoms with Crippen LogP contribution in [0.5, 0.6) is 0 Å². The predicted octanol–water partition coefficient (Wildman–Crippen LogP) is 4.50. The van der Waals surface area contributed by atoms with E-state index in [1.54, 1.807) is 0 Å². The molecule has 0 saturated heterocycles. The highest BCUT2D eigenvalue weighted by molar-refractivity contribution is 9.10. The van der Waals surface area contributed by atoms with E-state index in [1.807, 2.05) is 13.0 Å². The van der Waals surface area contributed by atoms with Gasteiger partial charge in [0.1, 0.15) is 16.2 Å². The molecule has 4 heteroatoms.